The molecule has 0 fully saturated rings. The van der Waals surface area contributed by atoms with E-state index in [-0.39, 0.29) is 24.7 Å². The number of hydrogen-bond acceptors (Lipinski definition) is 4. The molecular weight excluding hydrogens is 234 g/mol. The van der Waals surface area contributed by atoms with Gasteiger partial charge in [-0.1, -0.05) is 12.1 Å². The molecule has 5 heteroatoms. The summed E-state index contributed by atoms with van der Waals surface area (Å²) >= 11 is 0. The molecule has 1 rings (SSSR count). The maximum Gasteiger partial charge on any atom is 0.313 e. The molecule has 1 amide bonds. The fourth-order valence-corrected chi connectivity index (χ4v) is 1.42. The molecule has 5 nitrogen and oxygen atoms in total. The summed E-state index contributed by atoms with van der Waals surface area (Å²) < 4.78 is 4.70. The molecule has 0 atom stereocenters. The summed E-state index contributed by atoms with van der Waals surface area (Å²) in [6, 6.07) is 6.43. The first kappa shape index (κ1) is 13.9. The van der Waals surface area contributed by atoms with Gasteiger partial charge in [0.15, 0.2) is 5.78 Å². The predicted octanol–water partition coefficient (Wildman–Crippen LogP) is 1.78. The van der Waals surface area contributed by atoms with Crippen LogP contribution in [0.4, 0.5) is 5.69 Å². The second-order valence-electron chi connectivity index (χ2n) is 3.67. The van der Waals surface area contributed by atoms with Crippen molar-refractivity contribution in [3.8, 4) is 0 Å². The van der Waals surface area contributed by atoms with E-state index in [0.29, 0.717) is 11.3 Å². The number of hydrogen-bond donors (Lipinski definition) is 1. The minimum atomic E-state index is -0.549. The van der Waals surface area contributed by atoms with Gasteiger partial charge in [0.25, 0.3) is 0 Å². The van der Waals surface area contributed by atoms with Crippen LogP contribution in [0.25, 0.3) is 0 Å². The number of anilines is 1. The molecule has 0 heterocycles. The summed E-state index contributed by atoms with van der Waals surface area (Å²) in [5, 5.41) is 2.57. The lowest BCUT2D eigenvalue weighted by Gasteiger charge is -2.05. The Bertz CT molecular complexity index is 468. The second-order valence-corrected chi connectivity index (χ2v) is 3.67. The number of ketones is 1. The average Bonchev–Trinajstić information content (AvgIpc) is 2.28. The van der Waals surface area contributed by atoms with Gasteiger partial charge in [0.1, 0.15) is 6.42 Å². The molecule has 0 bridgehead atoms. The number of esters is 1. The number of carbonyl (C=O) groups excluding carboxylic acids is 3. The van der Waals surface area contributed by atoms with Crippen molar-refractivity contribution in [2.24, 2.45) is 0 Å². The molecule has 1 aromatic rings. The van der Waals surface area contributed by atoms with Gasteiger partial charge >= 0.3 is 5.97 Å². The van der Waals surface area contributed by atoms with E-state index in [4.69, 9.17) is 4.74 Å². The van der Waals surface area contributed by atoms with Crippen LogP contribution in [0.3, 0.4) is 0 Å². The van der Waals surface area contributed by atoms with Gasteiger partial charge in [-0.15, -0.1) is 0 Å². The van der Waals surface area contributed by atoms with Gasteiger partial charge in [-0.2, -0.15) is 0 Å². The number of rotatable bonds is 5. The summed E-state index contributed by atoms with van der Waals surface area (Å²) in [4.78, 5) is 33.8. The Kier molecular flexibility index (Phi) is 5.05. The SMILES string of the molecule is CCOC(=O)CC(=O)c1cccc(NC(C)=O)c1. The molecule has 0 aromatic heterocycles. The van der Waals surface area contributed by atoms with Crippen LogP contribution in [0.1, 0.15) is 30.6 Å². The molecule has 0 aliphatic carbocycles. The van der Waals surface area contributed by atoms with Crippen LogP contribution in [0, 0.1) is 0 Å². The summed E-state index contributed by atoms with van der Waals surface area (Å²) in [6.45, 7) is 3.31. The van der Waals surface area contributed by atoms with Gasteiger partial charge in [-0.25, -0.2) is 0 Å². The molecule has 1 aromatic carbocycles. The van der Waals surface area contributed by atoms with Crippen LogP contribution in [0.2, 0.25) is 0 Å². The number of carbonyl (C=O) groups is 3. The van der Waals surface area contributed by atoms with E-state index < -0.39 is 5.97 Å². The zero-order valence-electron chi connectivity index (χ0n) is 10.4. The third-order valence-electron chi connectivity index (χ3n) is 2.12. The molecule has 96 valence electrons. The smallest absolute Gasteiger partial charge is 0.313 e. The number of nitrogens with one attached hydrogen (secondary N) is 1. The first-order valence-electron chi connectivity index (χ1n) is 5.59. The van der Waals surface area contributed by atoms with Gasteiger partial charge in [0.05, 0.1) is 6.61 Å². The zero-order chi connectivity index (χ0) is 13.5. The highest BCUT2D eigenvalue weighted by Gasteiger charge is 2.13. The molecular formula is C13H15NO4. The van der Waals surface area contributed by atoms with Gasteiger partial charge in [0, 0.05) is 18.2 Å². The van der Waals surface area contributed by atoms with Crippen LogP contribution >= 0.6 is 0 Å². The summed E-state index contributed by atoms with van der Waals surface area (Å²) in [5.74, 6) is -1.10. The third-order valence-corrected chi connectivity index (χ3v) is 2.12. The maximum atomic E-state index is 11.8. The summed E-state index contributed by atoms with van der Waals surface area (Å²) in [6.07, 6.45) is -0.294. The van der Waals surface area contributed by atoms with Crippen molar-refractivity contribution in [1.29, 1.82) is 0 Å². The average molecular weight is 249 g/mol. The Morgan fingerprint density at radius 2 is 2.00 bits per heavy atom. The van der Waals surface area contributed by atoms with Crippen molar-refractivity contribution in [1.82, 2.24) is 0 Å². The Morgan fingerprint density at radius 3 is 2.61 bits per heavy atom. The van der Waals surface area contributed by atoms with Gasteiger partial charge in [0.2, 0.25) is 5.91 Å². The number of benzene rings is 1. The van der Waals surface area contributed by atoms with Crippen molar-refractivity contribution in [2.45, 2.75) is 20.3 Å². The molecule has 0 aliphatic rings. The quantitative estimate of drug-likeness (QED) is 0.490. The summed E-state index contributed by atoms with van der Waals surface area (Å²) in [5.41, 5.74) is 0.895. The standard InChI is InChI=1S/C13H15NO4/c1-3-18-13(17)8-12(16)10-5-4-6-11(7-10)14-9(2)15/h4-7H,3,8H2,1-2H3,(H,14,15). The first-order valence-corrected chi connectivity index (χ1v) is 5.59. The van der Waals surface area contributed by atoms with Crippen molar-refractivity contribution < 1.29 is 19.1 Å². The normalized spacial score (nSPS) is 9.67. The van der Waals surface area contributed by atoms with E-state index in [1.807, 2.05) is 0 Å². The monoisotopic (exact) mass is 249 g/mol. The number of Topliss-reactive ketones (excluding diaryl/α,β-unsaturated/α-hetero) is 1. The highest BCUT2D eigenvalue weighted by molar-refractivity contribution is 6.06. The van der Waals surface area contributed by atoms with Crippen LogP contribution in [0.5, 0.6) is 0 Å². The minimum Gasteiger partial charge on any atom is -0.466 e. The number of amides is 1. The highest BCUT2D eigenvalue weighted by Crippen LogP contribution is 2.12. The summed E-state index contributed by atoms with van der Waals surface area (Å²) in [7, 11) is 0. The minimum absolute atomic E-state index is 0.218. The second kappa shape index (κ2) is 6.54. The van der Waals surface area contributed by atoms with E-state index >= 15 is 0 Å². The Morgan fingerprint density at radius 1 is 1.28 bits per heavy atom. The Labute approximate surface area is 105 Å². The van der Waals surface area contributed by atoms with Crippen molar-refractivity contribution in [3.05, 3.63) is 29.8 Å². The molecule has 0 saturated heterocycles. The molecule has 0 saturated carbocycles. The molecule has 0 aliphatic heterocycles. The Balaban J connectivity index is 2.73. The van der Waals surface area contributed by atoms with E-state index in [2.05, 4.69) is 5.32 Å². The van der Waals surface area contributed by atoms with Gasteiger partial charge in [-0.05, 0) is 19.1 Å². The van der Waals surface area contributed by atoms with E-state index in [9.17, 15) is 14.4 Å². The van der Waals surface area contributed by atoms with E-state index in [0.717, 1.165) is 0 Å². The fraction of sp³-hybridized carbons (Fsp3) is 0.308. The molecule has 0 spiro atoms. The maximum absolute atomic E-state index is 11.8. The predicted molar refractivity (Wildman–Crippen MR) is 66.3 cm³/mol. The van der Waals surface area contributed by atoms with E-state index in [1.165, 1.54) is 13.0 Å². The molecule has 0 radical (unpaired) electrons. The van der Waals surface area contributed by atoms with Crippen LogP contribution in [-0.2, 0) is 14.3 Å². The van der Waals surface area contributed by atoms with Crippen molar-refractivity contribution in [2.75, 3.05) is 11.9 Å². The van der Waals surface area contributed by atoms with Gasteiger partial charge < -0.3 is 10.1 Å². The topological polar surface area (TPSA) is 72.5 Å². The third kappa shape index (κ3) is 4.37. The van der Waals surface area contributed by atoms with Crippen molar-refractivity contribution >= 4 is 23.3 Å². The largest absolute Gasteiger partial charge is 0.466 e. The van der Waals surface area contributed by atoms with Crippen LogP contribution < -0.4 is 5.32 Å². The molecule has 0 unspecified atom stereocenters. The van der Waals surface area contributed by atoms with Crippen LogP contribution in [-0.4, -0.2) is 24.3 Å². The molecule has 1 N–H and O–H groups in total. The lowest BCUT2D eigenvalue weighted by molar-refractivity contribution is -0.142. The van der Waals surface area contributed by atoms with Gasteiger partial charge in [-0.3, -0.25) is 14.4 Å². The van der Waals surface area contributed by atoms with Crippen LogP contribution in [0.15, 0.2) is 24.3 Å². The van der Waals surface area contributed by atoms with E-state index in [1.54, 1.807) is 25.1 Å². The lowest BCUT2D eigenvalue weighted by atomic mass is 10.1. The Hall–Kier alpha value is -2.17. The molecule has 18 heavy (non-hydrogen) atoms. The zero-order valence-corrected chi connectivity index (χ0v) is 10.4. The number of ether oxygens (including phenoxy) is 1. The fourth-order valence-electron chi connectivity index (χ4n) is 1.42. The van der Waals surface area contributed by atoms with Crippen molar-refractivity contribution in [3.63, 3.8) is 0 Å². The lowest BCUT2D eigenvalue weighted by Crippen LogP contribution is -2.12. The first-order chi connectivity index (χ1) is 8.52. The highest BCUT2D eigenvalue weighted by atomic mass is 16.5.